The van der Waals surface area contributed by atoms with Crippen LogP contribution in [0.2, 0.25) is 0 Å². The first-order valence-electron chi connectivity index (χ1n) is 14.5. The molecule has 3 fully saturated rings. The Morgan fingerprint density at radius 1 is 1.17 bits per heavy atom. The van der Waals surface area contributed by atoms with E-state index >= 15 is 0 Å². The van der Waals surface area contributed by atoms with Crippen molar-refractivity contribution in [1.29, 1.82) is 0 Å². The van der Waals surface area contributed by atoms with Gasteiger partial charge in [0.1, 0.15) is 11.3 Å². The number of halogens is 1. The number of imidazole rings is 1. The number of carbonyl (C=O) groups is 1. The molecule has 3 atom stereocenters. The van der Waals surface area contributed by atoms with Gasteiger partial charge in [-0.1, -0.05) is 6.07 Å². The number of phenolic OH excluding ortho intramolecular Hbond substituents is 1. The SMILES string of the molecule is COc1cc(C(=O)N2C[C@H]3CC[C@@H]2[C@@H]3N)cc2nc(-c3cc4scc(-c5ccc(O)c(F)c5)c4n3CC3CC3)n(C)c12. The molecule has 2 aromatic carbocycles. The van der Waals surface area contributed by atoms with Gasteiger partial charge in [-0.05, 0) is 73.4 Å². The lowest BCUT2D eigenvalue weighted by atomic mass is 10.1. The summed E-state index contributed by atoms with van der Waals surface area (Å²) in [5.74, 6) is 1.33. The molecule has 2 bridgehead atoms. The number of fused-ring (bicyclic) bond motifs is 4. The van der Waals surface area contributed by atoms with Gasteiger partial charge in [0.15, 0.2) is 17.4 Å². The molecule has 1 saturated heterocycles. The number of nitrogens with two attached hydrogens (primary N) is 1. The number of hydrogen-bond acceptors (Lipinski definition) is 6. The Morgan fingerprint density at radius 3 is 2.69 bits per heavy atom. The van der Waals surface area contributed by atoms with Gasteiger partial charge >= 0.3 is 0 Å². The van der Waals surface area contributed by atoms with Crippen molar-refractivity contribution in [2.75, 3.05) is 13.7 Å². The van der Waals surface area contributed by atoms with Gasteiger partial charge in [-0.3, -0.25) is 4.79 Å². The Kier molecular flexibility index (Phi) is 5.71. The average Bonchev–Trinajstić information content (AvgIpc) is 3.23. The maximum absolute atomic E-state index is 14.3. The lowest BCUT2D eigenvalue weighted by molar-refractivity contribution is 0.0700. The molecule has 216 valence electrons. The topological polar surface area (TPSA) is 98.5 Å². The molecule has 4 heterocycles. The van der Waals surface area contributed by atoms with Gasteiger partial charge in [-0.2, -0.15) is 0 Å². The second-order valence-electron chi connectivity index (χ2n) is 12.1. The van der Waals surface area contributed by atoms with E-state index in [9.17, 15) is 14.3 Å². The van der Waals surface area contributed by atoms with Crippen LogP contribution in [0, 0.1) is 17.7 Å². The second-order valence-corrected chi connectivity index (χ2v) is 13.0. The van der Waals surface area contributed by atoms with E-state index in [-0.39, 0.29) is 23.7 Å². The number of nitrogens with zero attached hydrogens (tertiary/aromatic N) is 4. The number of amides is 1. The highest BCUT2D eigenvalue weighted by Crippen LogP contribution is 2.44. The molecule has 2 aliphatic carbocycles. The fourth-order valence-corrected chi connectivity index (χ4v) is 8.15. The third kappa shape index (κ3) is 3.81. The van der Waals surface area contributed by atoms with Crippen molar-refractivity contribution in [3.63, 3.8) is 0 Å². The average molecular weight is 586 g/mol. The van der Waals surface area contributed by atoms with E-state index in [4.69, 9.17) is 15.5 Å². The number of benzene rings is 2. The number of aromatic hydroxyl groups is 1. The highest BCUT2D eigenvalue weighted by Gasteiger charge is 2.47. The lowest BCUT2D eigenvalue weighted by Gasteiger charge is -2.27. The predicted octanol–water partition coefficient (Wildman–Crippen LogP) is 5.75. The number of piperidine rings is 1. The number of aromatic nitrogens is 3. The van der Waals surface area contributed by atoms with Crippen LogP contribution in [0.4, 0.5) is 4.39 Å². The third-order valence-corrected chi connectivity index (χ3v) is 10.5. The van der Waals surface area contributed by atoms with Crippen molar-refractivity contribution < 1.29 is 19.0 Å². The first-order valence-corrected chi connectivity index (χ1v) is 15.4. The minimum absolute atomic E-state index is 0.0200. The fraction of sp³-hybridized carbons (Fsp3) is 0.375. The summed E-state index contributed by atoms with van der Waals surface area (Å²) in [5, 5.41) is 11.8. The summed E-state index contributed by atoms with van der Waals surface area (Å²) >= 11 is 1.61. The molecule has 0 spiro atoms. The smallest absolute Gasteiger partial charge is 0.254 e. The summed E-state index contributed by atoms with van der Waals surface area (Å²) in [7, 11) is 3.60. The van der Waals surface area contributed by atoms with E-state index in [2.05, 4.69) is 16.0 Å². The normalized spacial score (nSPS) is 21.7. The zero-order valence-electron chi connectivity index (χ0n) is 23.5. The van der Waals surface area contributed by atoms with E-state index < -0.39 is 5.82 Å². The Bertz CT molecular complexity index is 1900. The summed E-state index contributed by atoms with van der Waals surface area (Å²) in [5.41, 5.74) is 12.2. The second kappa shape index (κ2) is 9.31. The van der Waals surface area contributed by atoms with Gasteiger partial charge < -0.3 is 29.6 Å². The maximum Gasteiger partial charge on any atom is 0.254 e. The Morgan fingerprint density at radius 2 is 2.00 bits per heavy atom. The highest BCUT2D eigenvalue weighted by molar-refractivity contribution is 7.17. The number of thiophene rings is 1. The van der Waals surface area contributed by atoms with Gasteiger partial charge in [0.2, 0.25) is 0 Å². The standard InChI is InChI=1S/C32H32FN5O3S/c1-36-30-22(10-19(11-26(30)41-2)32(40)38-14-18-5-7-23(38)28(18)34)35-31(36)24-12-27-29(37(24)13-16-3-4-16)20(15-42-27)17-6-8-25(39)21(33)9-17/h6,8-12,15-16,18,23,28,39H,3-5,7,13-14,34H2,1-2H3/t18-,23-,28-/m1/s1. The molecule has 10 heteroatoms. The molecule has 3 aliphatic rings. The van der Waals surface area contributed by atoms with E-state index in [0.29, 0.717) is 35.2 Å². The predicted molar refractivity (Wildman–Crippen MR) is 161 cm³/mol. The van der Waals surface area contributed by atoms with E-state index in [1.54, 1.807) is 24.5 Å². The van der Waals surface area contributed by atoms with Crippen molar-refractivity contribution in [1.82, 2.24) is 19.0 Å². The van der Waals surface area contributed by atoms with E-state index in [1.165, 1.54) is 25.0 Å². The molecule has 1 aliphatic heterocycles. The molecule has 1 amide bonds. The Labute approximate surface area is 246 Å². The summed E-state index contributed by atoms with van der Waals surface area (Å²) in [6.45, 7) is 1.54. The van der Waals surface area contributed by atoms with Crippen LogP contribution >= 0.6 is 11.3 Å². The minimum atomic E-state index is -0.635. The molecular formula is C32H32FN5O3S. The summed E-state index contributed by atoms with van der Waals surface area (Å²) in [6, 6.07) is 10.6. The van der Waals surface area contributed by atoms with E-state index in [0.717, 1.165) is 57.8 Å². The number of aryl methyl sites for hydroxylation is 1. The summed E-state index contributed by atoms with van der Waals surface area (Å²) in [6.07, 6.45) is 4.40. The van der Waals surface area contributed by atoms with Crippen LogP contribution in [0.5, 0.6) is 11.5 Å². The molecule has 0 unspecified atom stereocenters. The van der Waals surface area contributed by atoms with Crippen molar-refractivity contribution in [3.05, 3.63) is 53.2 Å². The largest absolute Gasteiger partial charge is 0.505 e. The first kappa shape index (κ1) is 25.8. The molecule has 2 saturated carbocycles. The molecule has 42 heavy (non-hydrogen) atoms. The van der Waals surface area contributed by atoms with Crippen LogP contribution in [0.1, 0.15) is 36.0 Å². The first-order chi connectivity index (χ1) is 20.3. The Balaban J connectivity index is 1.26. The van der Waals surface area contributed by atoms with Gasteiger partial charge in [-0.25, -0.2) is 9.37 Å². The lowest BCUT2D eigenvalue weighted by Crippen LogP contribution is -2.41. The number of carbonyl (C=O) groups excluding carboxylic acids is 1. The number of hydrogen-bond donors (Lipinski definition) is 2. The zero-order valence-corrected chi connectivity index (χ0v) is 24.3. The van der Waals surface area contributed by atoms with Crippen molar-refractivity contribution >= 4 is 38.5 Å². The van der Waals surface area contributed by atoms with Crippen LogP contribution in [0.3, 0.4) is 0 Å². The monoisotopic (exact) mass is 585 g/mol. The molecular weight excluding hydrogens is 553 g/mol. The molecule has 8 rings (SSSR count). The fourth-order valence-electron chi connectivity index (χ4n) is 7.15. The molecule has 0 radical (unpaired) electrons. The van der Waals surface area contributed by atoms with Gasteiger partial charge in [0.05, 0.1) is 28.5 Å². The summed E-state index contributed by atoms with van der Waals surface area (Å²) < 4.78 is 25.6. The number of phenols is 1. The van der Waals surface area contributed by atoms with Crippen LogP contribution in [-0.2, 0) is 13.6 Å². The molecule has 8 nitrogen and oxygen atoms in total. The Hall–Kier alpha value is -3.89. The van der Waals surface area contributed by atoms with Crippen LogP contribution in [0.15, 0.2) is 41.8 Å². The van der Waals surface area contributed by atoms with Crippen LogP contribution in [-0.4, -0.2) is 55.8 Å². The molecule has 5 aromatic rings. The van der Waals surface area contributed by atoms with Crippen LogP contribution < -0.4 is 10.5 Å². The molecule has 3 aromatic heterocycles. The number of ether oxygens (including phenoxy) is 1. The van der Waals surface area contributed by atoms with Crippen molar-refractivity contribution in [3.8, 4) is 34.1 Å². The molecule has 3 N–H and O–H groups in total. The highest BCUT2D eigenvalue weighted by atomic mass is 32.1. The van der Waals surface area contributed by atoms with Crippen LogP contribution in [0.25, 0.3) is 43.9 Å². The van der Waals surface area contributed by atoms with Crippen molar-refractivity contribution in [2.24, 2.45) is 24.6 Å². The van der Waals surface area contributed by atoms with Gasteiger partial charge in [-0.15, -0.1) is 11.3 Å². The maximum atomic E-state index is 14.3. The summed E-state index contributed by atoms with van der Waals surface area (Å²) in [4.78, 5) is 20.7. The van der Waals surface area contributed by atoms with Gasteiger partial charge in [0.25, 0.3) is 5.91 Å². The minimum Gasteiger partial charge on any atom is -0.505 e. The number of rotatable bonds is 6. The quantitative estimate of drug-likeness (QED) is 0.265. The van der Waals surface area contributed by atoms with Crippen molar-refractivity contribution in [2.45, 2.75) is 44.3 Å². The number of likely N-dealkylation sites (tertiary alicyclic amines) is 1. The van der Waals surface area contributed by atoms with E-state index in [1.807, 2.05) is 28.6 Å². The third-order valence-electron chi connectivity index (χ3n) is 9.56. The zero-order chi connectivity index (χ0) is 28.9. The van der Waals surface area contributed by atoms with Gasteiger partial charge in [0, 0.05) is 48.7 Å². The number of methoxy groups -OCH3 is 1.